The Morgan fingerprint density at radius 3 is 2.56 bits per heavy atom. The number of hydrogen-bond acceptors (Lipinski definition) is 4. The Hall–Kier alpha value is -2.62. The highest BCUT2D eigenvalue weighted by molar-refractivity contribution is 5.80. The average Bonchev–Trinajstić information content (AvgIpc) is 2.42. The Bertz CT molecular complexity index is 675. The van der Waals surface area contributed by atoms with Crippen LogP contribution in [0.15, 0.2) is 54.9 Å². The van der Waals surface area contributed by atoms with E-state index in [4.69, 9.17) is 10.5 Å². The van der Waals surface area contributed by atoms with Gasteiger partial charge in [-0.1, -0.05) is 0 Å². The van der Waals surface area contributed by atoms with Crippen molar-refractivity contribution in [1.29, 1.82) is 0 Å². The molecule has 2 N–H and O–H groups in total. The van der Waals surface area contributed by atoms with Gasteiger partial charge in [-0.2, -0.15) is 0 Å². The number of hydrogen-bond donors (Lipinski definition) is 1. The molecule has 4 heteroatoms. The minimum absolute atomic E-state index is 0.686. The molecule has 0 saturated carbocycles. The molecule has 0 saturated heterocycles. The number of aromatic nitrogens is 2. The van der Waals surface area contributed by atoms with E-state index >= 15 is 0 Å². The van der Waals surface area contributed by atoms with E-state index in [-0.39, 0.29) is 0 Å². The van der Waals surface area contributed by atoms with Gasteiger partial charge in [0.25, 0.3) is 0 Å². The number of nitrogen functional groups attached to an aromatic ring is 1. The molecule has 0 unspecified atom stereocenters. The second kappa shape index (κ2) is 4.33. The van der Waals surface area contributed by atoms with Gasteiger partial charge in [0.2, 0.25) is 0 Å². The van der Waals surface area contributed by atoms with E-state index in [1.54, 1.807) is 30.6 Å². The molecule has 1 aromatic carbocycles. The van der Waals surface area contributed by atoms with Crippen molar-refractivity contribution >= 4 is 16.7 Å². The number of rotatable bonds is 2. The second-order valence-corrected chi connectivity index (χ2v) is 3.85. The maximum atomic E-state index is 5.79. The van der Waals surface area contributed by atoms with Gasteiger partial charge in [0, 0.05) is 24.1 Å². The van der Waals surface area contributed by atoms with Crippen molar-refractivity contribution in [2.24, 2.45) is 0 Å². The van der Waals surface area contributed by atoms with Gasteiger partial charge >= 0.3 is 0 Å². The fourth-order valence-electron chi connectivity index (χ4n) is 1.70. The molecule has 0 amide bonds. The van der Waals surface area contributed by atoms with E-state index < -0.39 is 0 Å². The van der Waals surface area contributed by atoms with Gasteiger partial charge < -0.3 is 10.5 Å². The van der Waals surface area contributed by atoms with Crippen LogP contribution < -0.4 is 10.5 Å². The number of fused-ring (bicyclic) bond motifs is 1. The summed E-state index contributed by atoms with van der Waals surface area (Å²) in [5.41, 5.74) is 7.90. The molecule has 0 fully saturated rings. The van der Waals surface area contributed by atoms with Crippen molar-refractivity contribution in [3.05, 3.63) is 54.9 Å². The summed E-state index contributed by atoms with van der Waals surface area (Å²) in [5.74, 6) is 1.41. The predicted octanol–water partition coefficient (Wildman–Crippen LogP) is 3.00. The molecule has 0 spiro atoms. The maximum absolute atomic E-state index is 5.79. The maximum Gasteiger partial charge on any atom is 0.156 e. The molecular weight excluding hydrogens is 226 g/mol. The normalized spacial score (nSPS) is 10.4. The van der Waals surface area contributed by atoms with Crippen molar-refractivity contribution in [2.75, 3.05) is 5.73 Å². The number of ether oxygens (including phenoxy) is 1. The molecule has 18 heavy (non-hydrogen) atoms. The first-order valence-electron chi connectivity index (χ1n) is 5.56. The quantitative estimate of drug-likeness (QED) is 0.696. The lowest BCUT2D eigenvalue weighted by atomic mass is 10.3. The van der Waals surface area contributed by atoms with Crippen LogP contribution in [0.5, 0.6) is 11.5 Å². The van der Waals surface area contributed by atoms with Crippen LogP contribution in [0.2, 0.25) is 0 Å². The van der Waals surface area contributed by atoms with Gasteiger partial charge in [0.05, 0.1) is 5.52 Å². The Morgan fingerprint density at radius 2 is 1.72 bits per heavy atom. The van der Waals surface area contributed by atoms with E-state index in [0.29, 0.717) is 11.4 Å². The smallest absolute Gasteiger partial charge is 0.156 e. The molecule has 0 aliphatic carbocycles. The van der Waals surface area contributed by atoms with Crippen LogP contribution in [0.25, 0.3) is 11.0 Å². The molecule has 88 valence electrons. The predicted molar refractivity (Wildman–Crippen MR) is 70.5 cm³/mol. The lowest BCUT2D eigenvalue weighted by molar-refractivity contribution is 0.487. The van der Waals surface area contributed by atoms with Gasteiger partial charge in [0.1, 0.15) is 11.3 Å². The van der Waals surface area contributed by atoms with Crippen LogP contribution in [-0.4, -0.2) is 9.97 Å². The van der Waals surface area contributed by atoms with Crippen LogP contribution in [0.3, 0.4) is 0 Å². The van der Waals surface area contributed by atoms with E-state index in [9.17, 15) is 0 Å². The summed E-state index contributed by atoms with van der Waals surface area (Å²) in [6, 6.07) is 12.8. The molecule has 0 aliphatic heterocycles. The highest BCUT2D eigenvalue weighted by atomic mass is 16.5. The van der Waals surface area contributed by atoms with Gasteiger partial charge in [-0.3, -0.25) is 9.97 Å². The van der Waals surface area contributed by atoms with Crippen LogP contribution in [0.1, 0.15) is 0 Å². The third kappa shape index (κ3) is 1.96. The third-order valence-electron chi connectivity index (χ3n) is 2.57. The second-order valence-electron chi connectivity index (χ2n) is 3.85. The van der Waals surface area contributed by atoms with Crippen LogP contribution in [0, 0.1) is 0 Å². The largest absolute Gasteiger partial charge is 0.455 e. The zero-order chi connectivity index (χ0) is 12.4. The Morgan fingerprint density at radius 1 is 0.889 bits per heavy atom. The van der Waals surface area contributed by atoms with E-state index in [0.717, 1.165) is 16.8 Å². The molecule has 0 aliphatic rings. The molecule has 3 rings (SSSR count). The number of anilines is 1. The Balaban J connectivity index is 2.02. The Labute approximate surface area is 104 Å². The Kier molecular flexibility index (Phi) is 2.53. The van der Waals surface area contributed by atoms with Gasteiger partial charge in [0.15, 0.2) is 5.75 Å². The zero-order valence-electron chi connectivity index (χ0n) is 9.58. The van der Waals surface area contributed by atoms with Crippen LogP contribution in [0.4, 0.5) is 5.69 Å². The van der Waals surface area contributed by atoms with Gasteiger partial charge in [-0.25, -0.2) is 0 Å². The topological polar surface area (TPSA) is 61.0 Å². The van der Waals surface area contributed by atoms with E-state index in [1.165, 1.54) is 0 Å². The molecule has 0 radical (unpaired) electrons. The zero-order valence-corrected chi connectivity index (χ0v) is 9.58. The fraction of sp³-hybridized carbons (Fsp3) is 0. The van der Waals surface area contributed by atoms with Crippen molar-refractivity contribution in [2.45, 2.75) is 0 Å². The summed E-state index contributed by atoms with van der Waals surface area (Å²) >= 11 is 0. The number of benzene rings is 1. The summed E-state index contributed by atoms with van der Waals surface area (Å²) in [5, 5.41) is 0. The minimum Gasteiger partial charge on any atom is -0.455 e. The summed E-state index contributed by atoms with van der Waals surface area (Å²) in [6.07, 6.45) is 3.43. The first-order chi connectivity index (χ1) is 8.83. The minimum atomic E-state index is 0.686. The monoisotopic (exact) mass is 237 g/mol. The molecule has 0 bridgehead atoms. The van der Waals surface area contributed by atoms with Crippen molar-refractivity contribution in [1.82, 2.24) is 9.97 Å². The van der Waals surface area contributed by atoms with Crippen molar-refractivity contribution < 1.29 is 4.74 Å². The molecular formula is C14H11N3O. The number of nitrogens with zero attached hydrogens (tertiary/aromatic N) is 2. The van der Waals surface area contributed by atoms with Crippen molar-refractivity contribution in [3.63, 3.8) is 0 Å². The summed E-state index contributed by atoms with van der Waals surface area (Å²) in [4.78, 5) is 8.52. The molecule has 3 aromatic rings. The van der Waals surface area contributed by atoms with Crippen LogP contribution in [-0.2, 0) is 0 Å². The highest BCUT2D eigenvalue weighted by Crippen LogP contribution is 2.27. The third-order valence-corrected chi connectivity index (χ3v) is 2.57. The average molecular weight is 237 g/mol. The highest BCUT2D eigenvalue weighted by Gasteiger charge is 2.04. The summed E-state index contributed by atoms with van der Waals surface area (Å²) < 4.78 is 5.79. The standard InChI is InChI=1S/C14H11N3O/c15-10-3-5-11(6-4-10)18-13-7-9-16-12-2-1-8-17-14(12)13/h1-9H,15H2. The molecule has 4 nitrogen and oxygen atoms in total. The number of nitrogens with two attached hydrogens (primary N) is 1. The summed E-state index contributed by atoms with van der Waals surface area (Å²) in [6.45, 7) is 0. The van der Waals surface area contributed by atoms with E-state index in [2.05, 4.69) is 9.97 Å². The molecule has 0 atom stereocenters. The lowest BCUT2D eigenvalue weighted by Gasteiger charge is -2.07. The first-order valence-corrected chi connectivity index (χ1v) is 5.56. The fourth-order valence-corrected chi connectivity index (χ4v) is 1.70. The lowest BCUT2D eigenvalue weighted by Crippen LogP contribution is -1.90. The number of pyridine rings is 2. The van der Waals surface area contributed by atoms with Crippen LogP contribution >= 0.6 is 0 Å². The van der Waals surface area contributed by atoms with Gasteiger partial charge in [-0.15, -0.1) is 0 Å². The van der Waals surface area contributed by atoms with E-state index in [1.807, 2.05) is 24.3 Å². The molecule has 2 aromatic heterocycles. The molecule has 2 heterocycles. The first kappa shape index (κ1) is 10.5. The van der Waals surface area contributed by atoms with Gasteiger partial charge in [-0.05, 0) is 36.4 Å². The van der Waals surface area contributed by atoms with Crippen molar-refractivity contribution in [3.8, 4) is 11.5 Å². The SMILES string of the molecule is Nc1ccc(Oc2ccnc3cccnc23)cc1. The summed E-state index contributed by atoms with van der Waals surface area (Å²) in [7, 11) is 0.